The summed E-state index contributed by atoms with van der Waals surface area (Å²) in [5, 5.41) is 22.3. The van der Waals surface area contributed by atoms with Gasteiger partial charge in [-0.1, -0.05) is 29.4 Å². The van der Waals surface area contributed by atoms with Crippen LogP contribution in [-0.2, 0) is 12.8 Å². The zero-order valence-electron chi connectivity index (χ0n) is 11.7. The van der Waals surface area contributed by atoms with Crippen LogP contribution in [0.15, 0.2) is 28.8 Å². The Hall–Kier alpha value is -2.19. The van der Waals surface area contributed by atoms with Crippen LogP contribution in [0, 0.1) is 11.3 Å². The summed E-state index contributed by atoms with van der Waals surface area (Å²) in [7, 11) is 0. The minimum Gasteiger partial charge on any atom is -0.392 e. The van der Waals surface area contributed by atoms with Crippen molar-refractivity contribution >= 4 is 0 Å². The lowest BCUT2D eigenvalue weighted by atomic mass is 9.82. The SMILES string of the molecule is N#CCC(O)Cc1nc(C2CCCc3ccccc32)no1. The van der Waals surface area contributed by atoms with Gasteiger partial charge in [0.2, 0.25) is 5.89 Å². The number of rotatable bonds is 4. The van der Waals surface area contributed by atoms with Gasteiger partial charge in [-0.15, -0.1) is 0 Å². The fourth-order valence-electron chi connectivity index (χ4n) is 2.89. The highest BCUT2D eigenvalue weighted by atomic mass is 16.5. The fourth-order valence-corrected chi connectivity index (χ4v) is 2.89. The van der Waals surface area contributed by atoms with E-state index in [0.717, 1.165) is 19.3 Å². The third-order valence-electron chi connectivity index (χ3n) is 3.90. The van der Waals surface area contributed by atoms with E-state index in [9.17, 15) is 5.11 Å². The molecule has 0 bridgehead atoms. The number of aromatic nitrogens is 2. The maximum atomic E-state index is 9.63. The molecule has 0 radical (unpaired) electrons. The highest BCUT2D eigenvalue weighted by molar-refractivity contribution is 5.36. The summed E-state index contributed by atoms with van der Waals surface area (Å²) in [5.41, 5.74) is 2.62. The Bertz CT molecular complexity index is 660. The second-order valence-electron chi connectivity index (χ2n) is 5.41. The molecule has 2 atom stereocenters. The van der Waals surface area contributed by atoms with Gasteiger partial charge in [-0.3, -0.25) is 0 Å². The van der Waals surface area contributed by atoms with E-state index in [1.807, 2.05) is 12.1 Å². The van der Waals surface area contributed by atoms with Gasteiger partial charge in [0, 0.05) is 5.92 Å². The lowest BCUT2D eigenvalue weighted by Gasteiger charge is -2.22. The van der Waals surface area contributed by atoms with Crippen LogP contribution in [0.4, 0.5) is 0 Å². The normalized spacial score (nSPS) is 18.8. The minimum atomic E-state index is -0.748. The molecule has 1 aliphatic rings. The van der Waals surface area contributed by atoms with Crippen molar-refractivity contribution in [2.24, 2.45) is 0 Å². The molecule has 0 fully saturated rings. The van der Waals surface area contributed by atoms with E-state index in [1.54, 1.807) is 0 Å². The van der Waals surface area contributed by atoms with Gasteiger partial charge in [-0.2, -0.15) is 10.2 Å². The van der Waals surface area contributed by atoms with Gasteiger partial charge in [-0.05, 0) is 30.4 Å². The van der Waals surface area contributed by atoms with Crippen LogP contribution in [0.2, 0.25) is 0 Å². The van der Waals surface area contributed by atoms with Crippen molar-refractivity contribution in [1.82, 2.24) is 10.1 Å². The molecular weight excluding hydrogens is 266 g/mol. The third-order valence-corrected chi connectivity index (χ3v) is 3.90. The van der Waals surface area contributed by atoms with Crippen molar-refractivity contribution in [2.45, 2.75) is 44.1 Å². The Kier molecular flexibility index (Phi) is 3.98. The third kappa shape index (κ3) is 2.96. The predicted octanol–water partition coefficient (Wildman–Crippen LogP) is 2.35. The fraction of sp³-hybridized carbons (Fsp3) is 0.438. The van der Waals surface area contributed by atoms with Gasteiger partial charge in [-0.25, -0.2) is 0 Å². The van der Waals surface area contributed by atoms with Crippen molar-refractivity contribution in [3.8, 4) is 6.07 Å². The molecule has 5 nitrogen and oxygen atoms in total. The topological polar surface area (TPSA) is 82.9 Å². The van der Waals surface area contributed by atoms with Gasteiger partial charge in [0.1, 0.15) is 0 Å². The molecule has 1 aromatic carbocycles. The number of hydrogen-bond donors (Lipinski definition) is 1. The molecule has 1 N–H and O–H groups in total. The maximum absolute atomic E-state index is 9.63. The zero-order chi connectivity index (χ0) is 14.7. The summed E-state index contributed by atoms with van der Waals surface area (Å²) >= 11 is 0. The van der Waals surface area contributed by atoms with Crippen molar-refractivity contribution in [3.63, 3.8) is 0 Å². The second-order valence-corrected chi connectivity index (χ2v) is 5.41. The van der Waals surface area contributed by atoms with Crippen LogP contribution in [0.25, 0.3) is 0 Å². The number of fused-ring (bicyclic) bond motifs is 1. The summed E-state index contributed by atoms with van der Waals surface area (Å²) in [5.74, 6) is 1.25. The number of benzene rings is 1. The highest BCUT2D eigenvalue weighted by Gasteiger charge is 2.26. The van der Waals surface area contributed by atoms with Crippen molar-refractivity contribution in [3.05, 3.63) is 47.1 Å². The van der Waals surface area contributed by atoms with Crippen LogP contribution < -0.4 is 0 Å². The second kappa shape index (κ2) is 6.06. The summed E-state index contributed by atoms with van der Waals surface area (Å²) in [6, 6.07) is 10.3. The highest BCUT2D eigenvalue weighted by Crippen LogP contribution is 2.35. The Labute approximate surface area is 123 Å². The molecule has 0 spiro atoms. The Morgan fingerprint density at radius 3 is 3.14 bits per heavy atom. The molecule has 108 valence electrons. The van der Waals surface area contributed by atoms with Crippen LogP contribution in [0.5, 0.6) is 0 Å². The van der Waals surface area contributed by atoms with E-state index in [4.69, 9.17) is 9.78 Å². The predicted molar refractivity (Wildman–Crippen MR) is 75.5 cm³/mol. The number of aliphatic hydroxyl groups excluding tert-OH is 1. The van der Waals surface area contributed by atoms with Crippen molar-refractivity contribution < 1.29 is 9.63 Å². The average molecular weight is 283 g/mol. The minimum absolute atomic E-state index is 0.0734. The summed E-state index contributed by atoms with van der Waals surface area (Å²) in [6.45, 7) is 0. The van der Waals surface area contributed by atoms with E-state index in [1.165, 1.54) is 11.1 Å². The van der Waals surface area contributed by atoms with Gasteiger partial charge in [0.05, 0.1) is 25.0 Å². The van der Waals surface area contributed by atoms with E-state index in [-0.39, 0.29) is 18.8 Å². The van der Waals surface area contributed by atoms with Crippen LogP contribution in [0.3, 0.4) is 0 Å². The molecule has 2 unspecified atom stereocenters. The van der Waals surface area contributed by atoms with Gasteiger partial charge < -0.3 is 9.63 Å². The van der Waals surface area contributed by atoms with Crippen molar-refractivity contribution in [2.75, 3.05) is 0 Å². The number of nitrogens with zero attached hydrogens (tertiary/aromatic N) is 3. The van der Waals surface area contributed by atoms with Crippen LogP contribution in [0.1, 0.15) is 48.0 Å². The Morgan fingerprint density at radius 1 is 1.43 bits per heavy atom. The maximum Gasteiger partial charge on any atom is 0.229 e. The van der Waals surface area contributed by atoms with Crippen LogP contribution in [-0.4, -0.2) is 21.4 Å². The molecule has 1 heterocycles. The first-order chi connectivity index (χ1) is 10.3. The molecule has 21 heavy (non-hydrogen) atoms. The van der Waals surface area contributed by atoms with Gasteiger partial charge in [0.25, 0.3) is 0 Å². The quantitative estimate of drug-likeness (QED) is 0.931. The molecule has 2 aromatic rings. The zero-order valence-corrected chi connectivity index (χ0v) is 11.7. The summed E-state index contributed by atoms with van der Waals surface area (Å²) in [4.78, 5) is 4.41. The lowest BCUT2D eigenvalue weighted by molar-refractivity contribution is 0.167. The number of hydrogen-bond acceptors (Lipinski definition) is 5. The number of nitriles is 1. The van der Waals surface area contributed by atoms with Crippen LogP contribution >= 0.6 is 0 Å². The number of aliphatic hydroxyl groups is 1. The largest absolute Gasteiger partial charge is 0.392 e. The standard InChI is InChI=1S/C16H17N3O2/c17-9-8-12(20)10-15-18-16(19-21-15)14-7-3-5-11-4-1-2-6-13(11)14/h1-2,4,6,12,14,20H,3,5,7-8,10H2. The molecule has 1 aliphatic carbocycles. The lowest BCUT2D eigenvalue weighted by Crippen LogP contribution is -2.13. The first kappa shape index (κ1) is 13.8. The molecule has 0 amide bonds. The molecule has 0 saturated heterocycles. The number of aryl methyl sites for hydroxylation is 1. The molecule has 3 rings (SSSR count). The van der Waals surface area contributed by atoms with Crippen molar-refractivity contribution in [1.29, 1.82) is 5.26 Å². The Balaban J connectivity index is 1.80. The first-order valence-corrected chi connectivity index (χ1v) is 7.23. The molecule has 1 aromatic heterocycles. The van der Waals surface area contributed by atoms with E-state index in [2.05, 4.69) is 28.3 Å². The van der Waals surface area contributed by atoms with E-state index < -0.39 is 6.10 Å². The van der Waals surface area contributed by atoms with E-state index in [0.29, 0.717) is 11.7 Å². The summed E-state index contributed by atoms with van der Waals surface area (Å²) < 4.78 is 5.22. The molecule has 5 heteroatoms. The van der Waals surface area contributed by atoms with Gasteiger partial charge >= 0.3 is 0 Å². The molecular formula is C16H17N3O2. The molecule has 0 aliphatic heterocycles. The summed E-state index contributed by atoms with van der Waals surface area (Å²) in [6.07, 6.45) is 2.78. The average Bonchev–Trinajstić information content (AvgIpc) is 2.95. The monoisotopic (exact) mass is 283 g/mol. The first-order valence-electron chi connectivity index (χ1n) is 7.23. The molecule has 0 saturated carbocycles. The van der Waals surface area contributed by atoms with E-state index >= 15 is 0 Å². The van der Waals surface area contributed by atoms with Gasteiger partial charge in [0.15, 0.2) is 5.82 Å². The smallest absolute Gasteiger partial charge is 0.229 e. The Morgan fingerprint density at radius 2 is 2.29 bits per heavy atom.